The first-order chi connectivity index (χ1) is 11.8. The molecule has 0 saturated carbocycles. The van der Waals surface area contributed by atoms with Gasteiger partial charge in [0.15, 0.2) is 0 Å². The number of fused-ring (bicyclic) bond motifs is 1. The number of halogens is 3. The fourth-order valence-electron chi connectivity index (χ4n) is 2.39. The van der Waals surface area contributed by atoms with Gasteiger partial charge in [0.2, 0.25) is 6.10 Å². The molecule has 0 fully saturated rings. The number of carbonyl (C=O) groups excluding carboxylic acids is 1. The highest BCUT2D eigenvalue weighted by atomic mass is 32.1. The molecule has 25 heavy (non-hydrogen) atoms. The van der Waals surface area contributed by atoms with Crippen LogP contribution in [-0.2, 0) is 16.0 Å². The zero-order valence-corrected chi connectivity index (χ0v) is 13.9. The smallest absolute Gasteiger partial charge is 0.432 e. The molecule has 0 aliphatic carbocycles. The number of pyridine rings is 1. The van der Waals surface area contributed by atoms with Gasteiger partial charge in [0.05, 0.1) is 11.9 Å². The van der Waals surface area contributed by atoms with E-state index in [1.807, 2.05) is 12.1 Å². The number of rotatable bonds is 4. The Morgan fingerprint density at radius 2 is 2.04 bits per heavy atom. The first-order valence-corrected chi connectivity index (χ1v) is 8.23. The molecule has 1 atom stereocenters. The summed E-state index contributed by atoms with van der Waals surface area (Å²) in [6.45, 7) is 1.58. The summed E-state index contributed by atoms with van der Waals surface area (Å²) in [7, 11) is 0. The molecule has 8 heteroatoms. The predicted octanol–water partition coefficient (Wildman–Crippen LogP) is 4.39. The summed E-state index contributed by atoms with van der Waals surface area (Å²) in [5.41, 5.74) is 1.53. The number of thiazole rings is 1. The lowest BCUT2D eigenvalue weighted by atomic mass is 10.1. The number of aromatic nitrogens is 2. The molecule has 130 valence electrons. The number of hydrogen-bond acceptors (Lipinski definition) is 5. The number of para-hydroxylation sites is 1. The van der Waals surface area contributed by atoms with Crippen LogP contribution < -0.4 is 0 Å². The predicted molar refractivity (Wildman–Crippen MR) is 87.2 cm³/mol. The number of hydrogen-bond donors (Lipinski definition) is 0. The molecular formula is C17H13F3N2O2S. The van der Waals surface area contributed by atoms with Gasteiger partial charge in [0.25, 0.3) is 0 Å². The second-order valence-corrected chi connectivity index (χ2v) is 6.30. The van der Waals surface area contributed by atoms with Crippen LogP contribution in [0.4, 0.5) is 13.2 Å². The molecule has 4 nitrogen and oxygen atoms in total. The van der Waals surface area contributed by atoms with Crippen LogP contribution in [0.3, 0.4) is 0 Å². The van der Waals surface area contributed by atoms with Crippen LogP contribution in [0.2, 0.25) is 0 Å². The molecule has 0 spiro atoms. The molecule has 1 unspecified atom stereocenters. The standard InChI is InChI=1S/C17H13F3N2O2S/c1-10-9-25-16(22-10)15(17(18,19)20)24-13(23)8-12-5-2-4-11-6-3-7-21-14(11)12/h2-7,9,15H,8H2,1H3. The molecule has 0 bridgehead atoms. The topological polar surface area (TPSA) is 52.1 Å². The van der Waals surface area contributed by atoms with E-state index in [-0.39, 0.29) is 11.4 Å². The lowest BCUT2D eigenvalue weighted by molar-refractivity contribution is -0.223. The van der Waals surface area contributed by atoms with Gasteiger partial charge in [-0.1, -0.05) is 24.3 Å². The maximum atomic E-state index is 13.2. The van der Waals surface area contributed by atoms with Gasteiger partial charge >= 0.3 is 12.1 Å². The van der Waals surface area contributed by atoms with E-state index < -0.39 is 18.2 Å². The van der Waals surface area contributed by atoms with Crippen molar-refractivity contribution in [3.63, 3.8) is 0 Å². The van der Waals surface area contributed by atoms with E-state index in [0.717, 1.165) is 16.7 Å². The van der Waals surface area contributed by atoms with E-state index in [2.05, 4.69) is 9.97 Å². The first-order valence-electron chi connectivity index (χ1n) is 7.35. The lowest BCUT2D eigenvalue weighted by Crippen LogP contribution is -2.27. The zero-order valence-electron chi connectivity index (χ0n) is 13.1. The molecule has 2 heterocycles. The van der Waals surface area contributed by atoms with Gasteiger partial charge in [-0.2, -0.15) is 13.2 Å². The lowest BCUT2D eigenvalue weighted by Gasteiger charge is -2.18. The van der Waals surface area contributed by atoms with Crippen molar-refractivity contribution < 1.29 is 22.7 Å². The molecule has 0 aliphatic rings. The third kappa shape index (κ3) is 3.96. The number of carbonyl (C=O) groups is 1. The van der Waals surface area contributed by atoms with Gasteiger partial charge in [0, 0.05) is 22.7 Å². The summed E-state index contributed by atoms with van der Waals surface area (Å²) in [5, 5.41) is 2.00. The van der Waals surface area contributed by atoms with Gasteiger partial charge in [-0.25, -0.2) is 4.98 Å². The number of aryl methyl sites for hydroxylation is 1. The summed E-state index contributed by atoms with van der Waals surface area (Å²) in [6, 6.07) is 8.74. The van der Waals surface area contributed by atoms with Crippen LogP contribution in [0.1, 0.15) is 22.4 Å². The highest BCUT2D eigenvalue weighted by Crippen LogP contribution is 2.37. The third-order valence-electron chi connectivity index (χ3n) is 3.46. The van der Waals surface area contributed by atoms with Crippen molar-refractivity contribution in [3.05, 3.63) is 58.2 Å². The Morgan fingerprint density at radius 1 is 1.28 bits per heavy atom. The molecular weight excluding hydrogens is 353 g/mol. The minimum atomic E-state index is -4.73. The van der Waals surface area contributed by atoms with Crippen LogP contribution in [0.15, 0.2) is 41.9 Å². The van der Waals surface area contributed by atoms with E-state index in [1.165, 1.54) is 5.38 Å². The van der Waals surface area contributed by atoms with Crippen LogP contribution in [0.5, 0.6) is 0 Å². The normalized spacial score (nSPS) is 13.0. The molecule has 0 saturated heterocycles. The molecule has 0 amide bonds. The van der Waals surface area contributed by atoms with Crippen molar-refractivity contribution in [2.75, 3.05) is 0 Å². The van der Waals surface area contributed by atoms with Crippen LogP contribution in [-0.4, -0.2) is 22.1 Å². The Labute approximate surface area is 145 Å². The number of ether oxygens (including phenoxy) is 1. The van der Waals surface area contributed by atoms with E-state index in [4.69, 9.17) is 4.74 Å². The monoisotopic (exact) mass is 366 g/mol. The van der Waals surface area contributed by atoms with E-state index in [9.17, 15) is 18.0 Å². The van der Waals surface area contributed by atoms with Gasteiger partial charge < -0.3 is 4.74 Å². The maximum absolute atomic E-state index is 13.2. The van der Waals surface area contributed by atoms with Crippen molar-refractivity contribution in [1.29, 1.82) is 0 Å². The quantitative estimate of drug-likeness (QED) is 0.643. The molecule has 0 aliphatic heterocycles. The second kappa shape index (κ2) is 6.79. The van der Waals surface area contributed by atoms with Crippen molar-refractivity contribution in [3.8, 4) is 0 Å². The maximum Gasteiger partial charge on any atom is 0.432 e. The van der Waals surface area contributed by atoms with E-state index in [1.54, 1.807) is 31.3 Å². The molecule has 2 aromatic heterocycles. The van der Waals surface area contributed by atoms with E-state index in [0.29, 0.717) is 16.8 Å². The van der Waals surface area contributed by atoms with Crippen molar-refractivity contribution in [2.45, 2.75) is 25.6 Å². The fourth-order valence-corrected chi connectivity index (χ4v) is 3.23. The number of nitrogens with zero attached hydrogens (tertiary/aromatic N) is 2. The fraction of sp³-hybridized carbons (Fsp3) is 0.235. The number of alkyl halides is 3. The molecule has 0 N–H and O–H groups in total. The molecule has 3 aromatic rings. The third-order valence-corrected chi connectivity index (χ3v) is 4.46. The van der Waals surface area contributed by atoms with Crippen LogP contribution in [0.25, 0.3) is 10.9 Å². The molecule has 1 aromatic carbocycles. The van der Waals surface area contributed by atoms with Gasteiger partial charge in [-0.3, -0.25) is 9.78 Å². The van der Waals surface area contributed by atoms with Gasteiger partial charge in [-0.05, 0) is 18.6 Å². The van der Waals surface area contributed by atoms with Gasteiger partial charge in [-0.15, -0.1) is 11.3 Å². The summed E-state index contributed by atoms with van der Waals surface area (Å²) < 4.78 is 44.5. The Morgan fingerprint density at radius 3 is 2.72 bits per heavy atom. The van der Waals surface area contributed by atoms with Crippen LogP contribution >= 0.6 is 11.3 Å². The minimum Gasteiger partial charge on any atom is -0.445 e. The largest absolute Gasteiger partial charge is 0.445 e. The van der Waals surface area contributed by atoms with Gasteiger partial charge in [0.1, 0.15) is 5.01 Å². The summed E-state index contributed by atoms with van der Waals surface area (Å²) >= 11 is 0.815. The van der Waals surface area contributed by atoms with Crippen molar-refractivity contribution in [2.24, 2.45) is 0 Å². The minimum absolute atomic E-state index is 0.283. The molecule has 3 rings (SSSR count). The van der Waals surface area contributed by atoms with Crippen molar-refractivity contribution in [1.82, 2.24) is 9.97 Å². The Hall–Kier alpha value is -2.48. The highest BCUT2D eigenvalue weighted by Gasteiger charge is 2.46. The van der Waals surface area contributed by atoms with Crippen molar-refractivity contribution >= 4 is 28.2 Å². The highest BCUT2D eigenvalue weighted by molar-refractivity contribution is 7.09. The SMILES string of the molecule is Cc1csc(C(OC(=O)Cc2cccc3cccnc23)C(F)(F)F)n1. The Balaban J connectivity index is 1.82. The second-order valence-electron chi connectivity index (χ2n) is 5.41. The first kappa shape index (κ1) is 17.3. The summed E-state index contributed by atoms with van der Waals surface area (Å²) in [4.78, 5) is 20.1. The average molecular weight is 366 g/mol. The van der Waals surface area contributed by atoms with E-state index >= 15 is 0 Å². The Kier molecular flexibility index (Phi) is 4.71. The number of esters is 1. The average Bonchev–Trinajstić information content (AvgIpc) is 2.98. The Bertz CT molecular complexity index is 903. The van der Waals surface area contributed by atoms with Crippen LogP contribution in [0, 0.1) is 6.92 Å². The number of benzene rings is 1. The summed E-state index contributed by atoms with van der Waals surface area (Å²) in [5.74, 6) is -0.978. The summed E-state index contributed by atoms with van der Waals surface area (Å²) in [6.07, 6.45) is -5.82. The molecule has 0 radical (unpaired) electrons. The zero-order chi connectivity index (χ0) is 18.0.